The maximum atomic E-state index is 14.1. The van der Waals surface area contributed by atoms with Crippen molar-refractivity contribution in [3.05, 3.63) is 29.6 Å². The van der Waals surface area contributed by atoms with Crippen molar-refractivity contribution in [1.29, 1.82) is 0 Å². The molecule has 0 amide bonds. The minimum absolute atomic E-state index is 0.133. The quantitative estimate of drug-likeness (QED) is 0.807. The molecule has 0 aromatic heterocycles. The van der Waals surface area contributed by atoms with Crippen LogP contribution in [0.4, 0.5) is 10.1 Å². The molecule has 0 spiro atoms. The summed E-state index contributed by atoms with van der Waals surface area (Å²) in [5.74, 6) is 0.432. The number of rotatable bonds is 7. The largest absolute Gasteiger partial charge is 0.369 e. The summed E-state index contributed by atoms with van der Waals surface area (Å²) in [7, 11) is 0. The Morgan fingerprint density at radius 3 is 2.61 bits per heavy atom. The van der Waals surface area contributed by atoms with E-state index < -0.39 is 0 Å². The smallest absolute Gasteiger partial charge is 0.146 e. The van der Waals surface area contributed by atoms with Crippen molar-refractivity contribution in [2.24, 2.45) is 11.7 Å². The van der Waals surface area contributed by atoms with E-state index in [-0.39, 0.29) is 5.82 Å². The van der Waals surface area contributed by atoms with Gasteiger partial charge in [-0.05, 0) is 37.4 Å². The van der Waals surface area contributed by atoms with Crippen LogP contribution in [0.2, 0.25) is 0 Å². The minimum atomic E-state index is -0.133. The lowest BCUT2D eigenvalue weighted by Gasteiger charge is -2.28. The van der Waals surface area contributed by atoms with Crippen LogP contribution >= 0.6 is 0 Å². The van der Waals surface area contributed by atoms with Crippen molar-refractivity contribution >= 4 is 5.69 Å². The fourth-order valence-corrected chi connectivity index (χ4v) is 2.16. The fraction of sp³-hybridized carbons (Fsp3) is 0.600. The van der Waals surface area contributed by atoms with E-state index in [2.05, 4.69) is 25.7 Å². The maximum absolute atomic E-state index is 14.1. The van der Waals surface area contributed by atoms with Crippen molar-refractivity contribution in [3.8, 4) is 0 Å². The lowest BCUT2D eigenvalue weighted by Crippen LogP contribution is -2.30. The monoisotopic (exact) mass is 252 g/mol. The molecule has 0 fully saturated rings. The highest BCUT2D eigenvalue weighted by Gasteiger charge is 2.16. The number of anilines is 1. The number of nitrogens with two attached hydrogens (primary N) is 1. The van der Waals surface area contributed by atoms with E-state index in [1.165, 1.54) is 6.07 Å². The van der Waals surface area contributed by atoms with Crippen LogP contribution in [0.15, 0.2) is 18.2 Å². The van der Waals surface area contributed by atoms with Gasteiger partial charge < -0.3 is 10.6 Å². The highest BCUT2D eigenvalue weighted by atomic mass is 19.1. The second-order valence-electron chi connectivity index (χ2n) is 4.84. The van der Waals surface area contributed by atoms with Crippen LogP contribution in [0.25, 0.3) is 0 Å². The Morgan fingerprint density at radius 2 is 2.06 bits per heavy atom. The molecule has 0 saturated carbocycles. The van der Waals surface area contributed by atoms with Gasteiger partial charge in [-0.1, -0.05) is 32.4 Å². The second-order valence-corrected chi connectivity index (χ2v) is 4.84. The van der Waals surface area contributed by atoms with Gasteiger partial charge in [-0.2, -0.15) is 0 Å². The maximum Gasteiger partial charge on any atom is 0.146 e. The summed E-state index contributed by atoms with van der Waals surface area (Å²) in [5, 5.41) is 0. The van der Waals surface area contributed by atoms with Crippen LogP contribution in [0.5, 0.6) is 0 Å². The molecule has 1 aromatic carbocycles. The molecule has 18 heavy (non-hydrogen) atoms. The van der Waals surface area contributed by atoms with Crippen molar-refractivity contribution in [2.75, 3.05) is 24.5 Å². The van der Waals surface area contributed by atoms with E-state index in [1.807, 2.05) is 6.07 Å². The topological polar surface area (TPSA) is 29.3 Å². The molecule has 0 aliphatic rings. The van der Waals surface area contributed by atoms with Gasteiger partial charge in [0.25, 0.3) is 0 Å². The molecule has 2 N–H and O–H groups in total. The highest BCUT2D eigenvalue weighted by molar-refractivity contribution is 5.55. The SMILES string of the molecule is CCC(C)CN(CC)c1c(F)cccc1CCN. The zero-order valence-corrected chi connectivity index (χ0v) is 11.7. The number of benzene rings is 1. The molecule has 2 nitrogen and oxygen atoms in total. The predicted molar refractivity (Wildman–Crippen MR) is 76.5 cm³/mol. The van der Waals surface area contributed by atoms with Gasteiger partial charge in [0, 0.05) is 13.1 Å². The van der Waals surface area contributed by atoms with Crippen LogP contribution in [0.1, 0.15) is 32.8 Å². The van der Waals surface area contributed by atoms with Gasteiger partial charge in [0.1, 0.15) is 5.82 Å². The summed E-state index contributed by atoms with van der Waals surface area (Å²) in [6.07, 6.45) is 1.83. The molecule has 1 unspecified atom stereocenters. The molecule has 0 aliphatic heterocycles. The first-order valence-corrected chi connectivity index (χ1v) is 6.86. The molecular weight excluding hydrogens is 227 g/mol. The number of hydrogen-bond donors (Lipinski definition) is 1. The first-order valence-electron chi connectivity index (χ1n) is 6.86. The van der Waals surface area contributed by atoms with Crippen LogP contribution in [-0.4, -0.2) is 19.6 Å². The third-order valence-electron chi connectivity index (χ3n) is 3.41. The molecule has 1 rings (SSSR count). The normalized spacial score (nSPS) is 12.5. The average Bonchev–Trinajstić information content (AvgIpc) is 2.37. The lowest BCUT2D eigenvalue weighted by atomic mass is 10.0. The van der Waals surface area contributed by atoms with E-state index in [0.717, 1.165) is 37.2 Å². The third-order valence-corrected chi connectivity index (χ3v) is 3.41. The van der Waals surface area contributed by atoms with Gasteiger partial charge in [-0.15, -0.1) is 0 Å². The summed E-state index contributed by atoms with van der Waals surface area (Å²) in [6.45, 7) is 8.71. The third kappa shape index (κ3) is 3.70. The Balaban J connectivity index is 3.02. The number of hydrogen-bond acceptors (Lipinski definition) is 2. The molecular formula is C15H25FN2. The van der Waals surface area contributed by atoms with Gasteiger partial charge in [0.15, 0.2) is 0 Å². The molecule has 3 heteroatoms. The van der Waals surface area contributed by atoms with Crippen LogP contribution < -0.4 is 10.6 Å². The molecule has 0 bridgehead atoms. The Labute approximate surface area is 110 Å². The van der Waals surface area contributed by atoms with Crippen molar-refractivity contribution in [1.82, 2.24) is 0 Å². The molecule has 1 atom stereocenters. The second kappa shape index (κ2) is 7.37. The Hall–Kier alpha value is -1.09. The van der Waals surface area contributed by atoms with Gasteiger partial charge in [-0.25, -0.2) is 4.39 Å². The van der Waals surface area contributed by atoms with Crippen LogP contribution in [0.3, 0.4) is 0 Å². The minimum Gasteiger partial charge on any atom is -0.369 e. The van der Waals surface area contributed by atoms with Crippen molar-refractivity contribution in [2.45, 2.75) is 33.6 Å². The zero-order chi connectivity index (χ0) is 13.5. The van der Waals surface area contributed by atoms with Crippen LogP contribution in [0, 0.1) is 11.7 Å². The number of nitrogens with zero attached hydrogens (tertiary/aromatic N) is 1. The summed E-state index contributed by atoms with van der Waals surface area (Å²) in [5.41, 5.74) is 7.37. The first kappa shape index (κ1) is 15.0. The van der Waals surface area contributed by atoms with Crippen molar-refractivity contribution in [3.63, 3.8) is 0 Å². The Kier molecular flexibility index (Phi) is 6.13. The molecule has 0 radical (unpaired) electrons. The fourth-order valence-electron chi connectivity index (χ4n) is 2.16. The van der Waals surface area contributed by atoms with Gasteiger partial charge in [-0.3, -0.25) is 0 Å². The summed E-state index contributed by atoms with van der Waals surface area (Å²) in [6, 6.07) is 5.28. The summed E-state index contributed by atoms with van der Waals surface area (Å²) in [4.78, 5) is 2.13. The van der Waals surface area contributed by atoms with Crippen molar-refractivity contribution < 1.29 is 4.39 Å². The van der Waals surface area contributed by atoms with E-state index >= 15 is 0 Å². The first-order chi connectivity index (χ1) is 8.63. The highest BCUT2D eigenvalue weighted by Crippen LogP contribution is 2.26. The van der Waals surface area contributed by atoms with Crippen LogP contribution in [-0.2, 0) is 6.42 Å². The predicted octanol–water partition coefficient (Wildman–Crippen LogP) is 3.20. The van der Waals surface area contributed by atoms with E-state index in [4.69, 9.17) is 5.73 Å². The van der Waals surface area contributed by atoms with E-state index in [1.54, 1.807) is 6.07 Å². The molecule has 0 saturated heterocycles. The number of para-hydroxylation sites is 1. The average molecular weight is 252 g/mol. The molecule has 0 aliphatic carbocycles. The van der Waals surface area contributed by atoms with Gasteiger partial charge >= 0.3 is 0 Å². The molecule has 1 aromatic rings. The van der Waals surface area contributed by atoms with E-state index in [0.29, 0.717) is 12.5 Å². The summed E-state index contributed by atoms with van der Waals surface area (Å²) >= 11 is 0. The Morgan fingerprint density at radius 1 is 1.33 bits per heavy atom. The van der Waals surface area contributed by atoms with Gasteiger partial charge in [0.05, 0.1) is 5.69 Å². The molecule has 0 heterocycles. The van der Waals surface area contributed by atoms with Gasteiger partial charge in [0.2, 0.25) is 0 Å². The number of halogens is 1. The molecule has 102 valence electrons. The van der Waals surface area contributed by atoms with E-state index in [9.17, 15) is 4.39 Å². The standard InChI is InChI=1S/C15H25FN2/c1-4-12(3)11-18(5-2)15-13(9-10-17)7-6-8-14(15)16/h6-8,12H,4-5,9-11,17H2,1-3H3. The Bertz CT molecular complexity index is 366. The zero-order valence-electron chi connectivity index (χ0n) is 11.7. The summed E-state index contributed by atoms with van der Waals surface area (Å²) < 4.78 is 14.1. The lowest BCUT2D eigenvalue weighted by molar-refractivity contribution is 0.536.